The van der Waals surface area contributed by atoms with Crippen molar-refractivity contribution in [3.05, 3.63) is 70.8 Å². The Kier molecular flexibility index (Phi) is 5.69. The van der Waals surface area contributed by atoms with Gasteiger partial charge >= 0.3 is 6.18 Å². The summed E-state index contributed by atoms with van der Waals surface area (Å²) in [6, 6.07) is 7.67. The van der Waals surface area contributed by atoms with Crippen LogP contribution in [0.25, 0.3) is 0 Å². The van der Waals surface area contributed by atoms with Gasteiger partial charge in [0.1, 0.15) is 11.5 Å². The molecule has 0 spiro atoms. The van der Waals surface area contributed by atoms with Crippen LogP contribution < -0.4 is 15.5 Å². The number of carbonyl (C=O) groups is 2. The highest BCUT2D eigenvalue weighted by Crippen LogP contribution is 2.35. The van der Waals surface area contributed by atoms with Gasteiger partial charge in [0.05, 0.1) is 22.4 Å². The number of hydrogen-bond acceptors (Lipinski definition) is 6. The zero-order valence-electron chi connectivity index (χ0n) is 18.4. The summed E-state index contributed by atoms with van der Waals surface area (Å²) < 4.78 is 67.8. The monoisotopic (exact) mass is 504 g/mol. The SMILES string of the molecule is O=C1Nc2cc(F)cc(F)c2Nc2nnc(N3CCN(C(=O)c4ccccc4C(F)(F)F)CC3)cc21. The van der Waals surface area contributed by atoms with Crippen molar-refractivity contribution in [2.75, 3.05) is 41.7 Å². The fourth-order valence-electron chi connectivity index (χ4n) is 4.13. The molecule has 1 aromatic heterocycles. The Labute approximate surface area is 200 Å². The maximum atomic E-state index is 14.2. The van der Waals surface area contributed by atoms with Gasteiger partial charge in [0, 0.05) is 32.2 Å². The predicted molar refractivity (Wildman–Crippen MR) is 119 cm³/mol. The number of aromatic nitrogens is 2. The van der Waals surface area contributed by atoms with E-state index >= 15 is 0 Å². The second kappa shape index (κ2) is 8.73. The van der Waals surface area contributed by atoms with Gasteiger partial charge in [-0.25, -0.2) is 8.78 Å². The molecule has 1 saturated heterocycles. The van der Waals surface area contributed by atoms with Crippen LogP contribution in [0.1, 0.15) is 26.3 Å². The molecule has 3 heterocycles. The molecule has 186 valence electrons. The molecule has 8 nitrogen and oxygen atoms in total. The number of hydrogen-bond donors (Lipinski definition) is 2. The summed E-state index contributed by atoms with van der Waals surface area (Å²) in [6.07, 6.45) is -4.66. The summed E-state index contributed by atoms with van der Waals surface area (Å²) in [5.41, 5.74) is -1.63. The second-order valence-corrected chi connectivity index (χ2v) is 8.18. The van der Waals surface area contributed by atoms with E-state index in [-0.39, 0.29) is 54.8 Å². The van der Waals surface area contributed by atoms with Crippen molar-refractivity contribution in [2.24, 2.45) is 0 Å². The lowest BCUT2D eigenvalue weighted by Crippen LogP contribution is -2.49. The molecule has 0 bridgehead atoms. The Morgan fingerprint density at radius 1 is 0.944 bits per heavy atom. The molecule has 36 heavy (non-hydrogen) atoms. The maximum Gasteiger partial charge on any atom is 0.417 e. The number of nitrogens with one attached hydrogen (secondary N) is 2. The minimum absolute atomic E-state index is 0.0296. The van der Waals surface area contributed by atoms with E-state index in [1.807, 2.05) is 0 Å². The van der Waals surface area contributed by atoms with E-state index in [0.717, 1.165) is 18.2 Å². The number of benzene rings is 2. The van der Waals surface area contributed by atoms with Gasteiger partial charge in [0.25, 0.3) is 11.8 Å². The quantitative estimate of drug-likeness (QED) is 0.512. The Bertz CT molecular complexity index is 1370. The van der Waals surface area contributed by atoms with Crippen LogP contribution in [0.3, 0.4) is 0 Å². The summed E-state index contributed by atoms with van der Waals surface area (Å²) in [5.74, 6) is -2.92. The van der Waals surface area contributed by atoms with E-state index in [2.05, 4.69) is 20.8 Å². The van der Waals surface area contributed by atoms with Crippen LogP contribution in [0.2, 0.25) is 0 Å². The fourth-order valence-corrected chi connectivity index (χ4v) is 4.13. The molecule has 2 aliphatic rings. The van der Waals surface area contributed by atoms with Gasteiger partial charge in [-0.05, 0) is 24.3 Å². The Morgan fingerprint density at radius 3 is 2.39 bits per heavy atom. The number of anilines is 4. The van der Waals surface area contributed by atoms with Gasteiger partial charge in [-0.2, -0.15) is 13.2 Å². The molecule has 1 fully saturated rings. The average molecular weight is 504 g/mol. The maximum absolute atomic E-state index is 14.2. The van der Waals surface area contributed by atoms with Crippen molar-refractivity contribution < 1.29 is 31.5 Å². The number of piperazine rings is 1. The molecule has 3 aromatic rings. The zero-order valence-corrected chi connectivity index (χ0v) is 18.4. The van der Waals surface area contributed by atoms with E-state index in [0.29, 0.717) is 6.07 Å². The lowest BCUT2D eigenvalue weighted by molar-refractivity contribution is -0.138. The third kappa shape index (κ3) is 4.27. The number of nitrogens with zero attached hydrogens (tertiary/aromatic N) is 4. The van der Waals surface area contributed by atoms with Crippen LogP contribution in [0, 0.1) is 11.6 Å². The Morgan fingerprint density at radius 2 is 1.67 bits per heavy atom. The normalized spacial score (nSPS) is 15.4. The molecule has 2 N–H and O–H groups in total. The first-order valence-electron chi connectivity index (χ1n) is 10.8. The number of rotatable bonds is 2. The Balaban J connectivity index is 1.33. The highest BCUT2D eigenvalue weighted by Gasteiger charge is 2.36. The summed E-state index contributed by atoms with van der Waals surface area (Å²) in [5, 5.41) is 13.1. The minimum Gasteiger partial charge on any atom is -0.352 e. The third-order valence-corrected chi connectivity index (χ3v) is 5.93. The molecule has 2 amide bonds. The highest BCUT2D eigenvalue weighted by molar-refractivity contribution is 6.11. The van der Waals surface area contributed by atoms with Crippen molar-refractivity contribution in [1.29, 1.82) is 0 Å². The predicted octanol–water partition coefficient (Wildman–Crippen LogP) is 4.05. The van der Waals surface area contributed by atoms with Crippen molar-refractivity contribution >= 4 is 34.8 Å². The van der Waals surface area contributed by atoms with Crippen molar-refractivity contribution in [1.82, 2.24) is 15.1 Å². The zero-order chi connectivity index (χ0) is 25.6. The van der Waals surface area contributed by atoms with Gasteiger partial charge in [0.15, 0.2) is 17.5 Å². The molecule has 0 unspecified atom stereocenters. The molecule has 0 saturated carbocycles. The summed E-state index contributed by atoms with van der Waals surface area (Å²) in [7, 11) is 0. The number of alkyl halides is 3. The largest absolute Gasteiger partial charge is 0.417 e. The number of halogens is 5. The smallest absolute Gasteiger partial charge is 0.352 e. The van der Waals surface area contributed by atoms with E-state index in [9.17, 15) is 31.5 Å². The molecule has 13 heteroatoms. The first-order valence-corrected chi connectivity index (χ1v) is 10.8. The van der Waals surface area contributed by atoms with E-state index in [1.165, 1.54) is 23.1 Å². The molecule has 2 aliphatic heterocycles. The van der Waals surface area contributed by atoms with Crippen LogP contribution in [-0.4, -0.2) is 53.1 Å². The number of carbonyl (C=O) groups excluding carboxylic acids is 2. The number of fused-ring (bicyclic) bond motifs is 2. The van der Waals surface area contributed by atoms with Crippen LogP contribution in [0.15, 0.2) is 42.5 Å². The highest BCUT2D eigenvalue weighted by atomic mass is 19.4. The Hall–Kier alpha value is -4.29. The van der Waals surface area contributed by atoms with Gasteiger partial charge < -0.3 is 20.4 Å². The summed E-state index contributed by atoms with van der Waals surface area (Å²) in [6.45, 7) is 0.680. The van der Waals surface area contributed by atoms with Crippen molar-refractivity contribution in [3.8, 4) is 0 Å². The van der Waals surface area contributed by atoms with Crippen LogP contribution in [-0.2, 0) is 6.18 Å². The standard InChI is InChI=1S/C23H17F5N6O2/c24-12-9-16(25)19-17(10-12)29-21(35)14-11-18(31-32-20(14)30-19)33-5-7-34(8-6-33)22(36)13-3-1-2-4-15(13)23(26,27)28/h1-4,9-11H,5-8H2,(H,29,35)(H,30,32). The van der Waals surface area contributed by atoms with Gasteiger partial charge in [-0.3, -0.25) is 9.59 Å². The molecule has 0 atom stereocenters. The lowest BCUT2D eigenvalue weighted by atomic mass is 10.1. The first-order chi connectivity index (χ1) is 17.1. The molecule has 0 radical (unpaired) electrons. The molecule has 0 aliphatic carbocycles. The van der Waals surface area contributed by atoms with Crippen LogP contribution in [0.4, 0.5) is 45.0 Å². The third-order valence-electron chi connectivity index (χ3n) is 5.93. The average Bonchev–Trinajstić information content (AvgIpc) is 2.99. The number of amides is 2. The van der Waals surface area contributed by atoms with Gasteiger partial charge in [-0.1, -0.05) is 12.1 Å². The van der Waals surface area contributed by atoms with Crippen molar-refractivity contribution in [3.63, 3.8) is 0 Å². The summed E-state index contributed by atoms with van der Waals surface area (Å²) >= 11 is 0. The lowest BCUT2D eigenvalue weighted by Gasteiger charge is -2.35. The second-order valence-electron chi connectivity index (χ2n) is 8.18. The molecular formula is C23H17F5N6O2. The van der Waals surface area contributed by atoms with Gasteiger partial charge in [0.2, 0.25) is 0 Å². The molecule has 2 aromatic carbocycles. The van der Waals surface area contributed by atoms with E-state index in [4.69, 9.17) is 0 Å². The van der Waals surface area contributed by atoms with E-state index in [1.54, 1.807) is 4.90 Å². The first kappa shape index (κ1) is 23.5. The molecule has 5 rings (SSSR count). The summed E-state index contributed by atoms with van der Waals surface area (Å²) in [4.78, 5) is 28.6. The van der Waals surface area contributed by atoms with Crippen LogP contribution in [0.5, 0.6) is 0 Å². The molecular weight excluding hydrogens is 487 g/mol. The fraction of sp³-hybridized carbons (Fsp3) is 0.217. The van der Waals surface area contributed by atoms with E-state index < -0.39 is 40.8 Å². The van der Waals surface area contributed by atoms with Crippen molar-refractivity contribution in [2.45, 2.75) is 6.18 Å². The topological polar surface area (TPSA) is 90.5 Å². The minimum atomic E-state index is -4.66. The van der Waals surface area contributed by atoms with Crippen LogP contribution >= 0.6 is 0 Å². The van der Waals surface area contributed by atoms with Gasteiger partial charge in [-0.15, -0.1) is 10.2 Å².